The molecule has 0 fully saturated rings. The van der Waals surface area contributed by atoms with Gasteiger partial charge in [0.25, 0.3) is 5.69 Å². The number of benzene rings is 2. The minimum Gasteiger partial charge on any atom is -0.495 e. The first-order valence-corrected chi connectivity index (χ1v) is 8.36. The third-order valence-corrected chi connectivity index (χ3v) is 3.90. The molecule has 26 heavy (non-hydrogen) atoms. The van der Waals surface area contributed by atoms with Gasteiger partial charge in [-0.25, -0.2) is 0 Å². The third-order valence-electron chi connectivity index (χ3n) is 3.37. The number of methoxy groups -OCH3 is 1. The van der Waals surface area contributed by atoms with E-state index in [0.717, 1.165) is 0 Å². The van der Waals surface area contributed by atoms with Gasteiger partial charge >= 0.3 is 0 Å². The molecule has 0 bridgehead atoms. The van der Waals surface area contributed by atoms with E-state index in [1.807, 2.05) is 0 Å². The van der Waals surface area contributed by atoms with Gasteiger partial charge in [0, 0.05) is 23.6 Å². The third kappa shape index (κ3) is 5.50. The standard InChI is InChI=1S/C17H16Cl2N2O5/c1-25-16-7-5-12(21(23)24)10-14(16)20-17(22)3-2-8-26-15-6-4-11(18)9-13(15)19/h4-7,9-10H,2-3,8H2,1H3,(H,20,22). The molecule has 0 atom stereocenters. The molecule has 0 saturated carbocycles. The Morgan fingerprint density at radius 1 is 1.19 bits per heavy atom. The maximum atomic E-state index is 12.0. The lowest BCUT2D eigenvalue weighted by atomic mass is 10.2. The fourth-order valence-corrected chi connectivity index (χ4v) is 2.59. The number of rotatable bonds is 8. The summed E-state index contributed by atoms with van der Waals surface area (Å²) in [4.78, 5) is 22.4. The molecule has 0 heterocycles. The number of carbonyl (C=O) groups excluding carboxylic acids is 1. The Kier molecular flexibility index (Phi) is 7.06. The fourth-order valence-electron chi connectivity index (χ4n) is 2.13. The van der Waals surface area contributed by atoms with Crippen LogP contribution in [0, 0.1) is 10.1 Å². The quantitative estimate of drug-likeness (QED) is 0.395. The normalized spacial score (nSPS) is 10.3. The zero-order valence-electron chi connectivity index (χ0n) is 13.8. The maximum absolute atomic E-state index is 12.0. The molecule has 0 aliphatic heterocycles. The SMILES string of the molecule is COc1ccc([N+](=O)[O-])cc1NC(=O)CCCOc1ccc(Cl)cc1Cl. The molecule has 0 aliphatic rings. The van der Waals surface area contributed by atoms with Crippen molar-refractivity contribution in [1.82, 2.24) is 0 Å². The van der Waals surface area contributed by atoms with Crippen LogP contribution >= 0.6 is 23.2 Å². The van der Waals surface area contributed by atoms with Crippen LogP contribution in [0.1, 0.15) is 12.8 Å². The molecule has 1 amide bonds. The molecule has 0 aromatic heterocycles. The number of nitrogens with zero attached hydrogens (tertiary/aromatic N) is 1. The average molecular weight is 399 g/mol. The van der Waals surface area contributed by atoms with Crippen molar-refractivity contribution in [3.63, 3.8) is 0 Å². The number of hydrogen-bond donors (Lipinski definition) is 1. The Hall–Kier alpha value is -2.51. The van der Waals surface area contributed by atoms with Crippen LogP contribution in [-0.4, -0.2) is 24.5 Å². The van der Waals surface area contributed by atoms with E-state index in [1.54, 1.807) is 18.2 Å². The molecule has 138 valence electrons. The molecule has 1 N–H and O–H groups in total. The van der Waals surface area contributed by atoms with Crippen LogP contribution in [0.3, 0.4) is 0 Å². The predicted molar refractivity (Wildman–Crippen MR) is 99.5 cm³/mol. The van der Waals surface area contributed by atoms with Gasteiger partial charge in [0.05, 0.1) is 29.4 Å². The van der Waals surface area contributed by atoms with E-state index >= 15 is 0 Å². The number of nitrogens with one attached hydrogen (secondary N) is 1. The van der Waals surface area contributed by atoms with Crippen molar-refractivity contribution < 1.29 is 19.2 Å². The van der Waals surface area contributed by atoms with E-state index in [2.05, 4.69) is 5.32 Å². The molecule has 7 nitrogen and oxygen atoms in total. The summed E-state index contributed by atoms with van der Waals surface area (Å²) in [5.74, 6) is 0.513. The Morgan fingerprint density at radius 2 is 1.92 bits per heavy atom. The molecular weight excluding hydrogens is 383 g/mol. The molecule has 2 aromatic rings. The van der Waals surface area contributed by atoms with Gasteiger partial charge in [-0.05, 0) is 30.7 Å². The summed E-state index contributed by atoms with van der Waals surface area (Å²) in [6.07, 6.45) is 0.596. The topological polar surface area (TPSA) is 90.7 Å². The van der Waals surface area contributed by atoms with Gasteiger partial charge < -0.3 is 14.8 Å². The lowest BCUT2D eigenvalue weighted by Crippen LogP contribution is -2.13. The van der Waals surface area contributed by atoms with Crippen LogP contribution < -0.4 is 14.8 Å². The summed E-state index contributed by atoms with van der Waals surface area (Å²) >= 11 is 11.8. The lowest BCUT2D eigenvalue weighted by Gasteiger charge is -2.11. The van der Waals surface area contributed by atoms with E-state index in [0.29, 0.717) is 28.0 Å². The van der Waals surface area contributed by atoms with Crippen LogP contribution in [0.2, 0.25) is 10.0 Å². The van der Waals surface area contributed by atoms with E-state index in [-0.39, 0.29) is 30.3 Å². The predicted octanol–water partition coefficient (Wildman–Crippen LogP) is 4.71. The van der Waals surface area contributed by atoms with Gasteiger partial charge in [-0.15, -0.1) is 0 Å². The molecule has 0 unspecified atom stereocenters. The second-order valence-electron chi connectivity index (χ2n) is 5.22. The fraction of sp³-hybridized carbons (Fsp3) is 0.235. The molecule has 0 aliphatic carbocycles. The minimum atomic E-state index is -0.543. The highest BCUT2D eigenvalue weighted by molar-refractivity contribution is 6.35. The van der Waals surface area contributed by atoms with Crippen molar-refractivity contribution in [2.75, 3.05) is 19.0 Å². The minimum absolute atomic E-state index is 0.137. The van der Waals surface area contributed by atoms with Crippen LogP contribution in [0.5, 0.6) is 11.5 Å². The van der Waals surface area contributed by atoms with Crippen LogP contribution in [0.25, 0.3) is 0 Å². The number of nitro groups is 1. The summed E-state index contributed by atoms with van der Waals surface area (Å²) in [6.45, 7) is 0.279. The lowest BCUT2D eigenvalue weighted by molar-refractivity contribution is -0.384. The molecular formula is C17H16Cl2N2O5. The summed E-state index contributed by atoms with van der Waals surface area (Å²) < 4.78 is 10.6. The smallest absolute Gasteiger partial charge is 0.271 e. The monoisotopic (exact) mass is 398 g/mol. The molecule has 0 radical (unpaired) electrons. The number of nitro benzene ring substituents is 1. The second kappa shape index (κ2) is 9.26. The largest absolute Gasteiger partial charge is 0.495 e. The second-order valence-corrected chi connectivity index (χ2v) is 6.06. The van der Waals surface area contributed by atoms with Gasteiger partial charge in [-0.1, -0.05) is 23.2 Å². The van der Waals surface area contributed by atoms with Gasteiger partial charge in [-0.3, -0.25) is 14.9 Å². The number of non-ortho nitro benzene ring substituents is 1. The van der Waals surface area contributed by atoms with Crippen molar-refractivity contribution >= 4 is 40.5 Å². The molecule has 0 spiro atoms. The first kappa shape index (κ1) is 19.8. The molecule has 9 heteroatoms. The number of hydrogen-bond acceptors (Lipinski definition) is 5. The number of halogens is 2. The highest BCUT2D eigenvalue weighted by atomic mass is 35.5. The number of amides is 1. The first-order chi connectivity index (χ1) is 12.4. The van der Waals surface area contributed by atoms with Gasteiger partial charge in [-0.2, -0.15) is 0 Å². The summed E-state index contributed by atoms with van der Waals surface area (Å²) in [7, 11) is 1.42. The van der Waals surface area contributed by atoms with Crippen molar-refractivity contribution in [2.24, 2.45) is 0 Å². The Balaban J connectivity index is 1.87. The maximum Gasteiger partial charge on any atom is 0.271 e. The Bertz CT molecular complexity index is 814. The Morgan fingerprint density at radius 3 is 2.58 bits per heavy atom. The first-order valence-electron chi connectivity index (χ1n) is 7.61. The van der Waals surface area contributed by atoms with E-state index in [9.17, 15) is 14.9 Å². The van der Waals surface area contributed by atoms with Crippen molar-refractivity contribution in [2.45, 2.75) is 12.8 Å². The van der Waals surface area contributed by atoms with Crippen molar-refractivity contribution in [3.05, 3.63) is 56.6 Å². The number of carbonyl (C=O) groups is 1. The van der Waals surface area contributed by atoms with E-state index in [1.165, 1.54) is 25.3 Å². The van der Waals surface area contributed by atoms with Crippen LogP contribution in [-0.2, 0) is 4.79 Å². The van der Waals surface area contributed by atoms with Gasteiger partial charge in [0.1, 0.15) is 11.5 Å². The van der Waals surface area contributed by atoms with Crippen LogP contribution in [0.4, 0.5) is 11.4 Å². The summed E-state index contributed by atoms with van der Waals surface area (Å²) in [6, 6.07) is 8.86. The van der Waals surface area contributed by atoms with Gasteiger partial charge in [0.2, 0.25) is 5.91 Å². The molecule has 0 saturated heterocycles. The highest BCUT2D eigenvalue weighted by Crippen LogP contribution is 2.29. The summed E-state index contributed by atoms with van der Waals surface area (Å²) in [5, 5.41) is 14.4. The zero-order valence-corrected chi connectivity index (χ0v) is 15.3. The number of anilines is 1. The molecule has 2 aromatic carbocycles. The average Bonchev–Trinajstić information content (AvgIpc) is 2.60. The zero-order chi connectivity index (χ0) is 19.1. The summed E-state index contributed by atoms with van der Waals surface area (Å²) in [5.41, 5.74) is 0.107. The highest BCUT2D eigenvalue weighted by Gasteiger charge is 2.13. The van der Waals surface area contributed by atoms with E-state index in [4.69, 9.17) is 32.7 Å². The van der Waals surface area contributed by atoms with E-state index < -0.39 is 4.92 Å². The van der Waals surface area contributed by atoms with Gasteiger partial charge in [0.15, 0.2) is 0 Å². The molecule has 2 rings (SSSR count). The number of ether oxygens (including phenoxy) is 2. The Labute approximate surface area is 160 Å². The van der Waals surface area contributed by atoms with Crippen molar-refractivity contribution in [1.29, 1.82) is 0 Å². The van der Waals surface area contributed by atoms with Crippen molar-refractivity contribution in [3.8, 4) is 11.5 Å². The van der Waals surface area contributed by atoms with Crippen LogP contribution in [0.15, 0.2) is 36.4 Å².